The van der Waals surface area contributed by atoms with Gasteiger partial charge in [-0.15, -0.1) is 12.6 Å². The molecule has 1 unspecified atom stereocenters. The van der Waals surface area contributed by atoms with Crippen molar-refractivity contribution in [2.45, 2.75) is 31.8 Å². The lowest BCUT2D eigenvalue weighted by molar-refractivity contribution is -0.143. The molecule has 1 heterocycles. The van der Waals surface area contributed by atoms with Crippen LogP contribution in [0.3, 0.4) is 0 Å². The topological polar surface area (TPSA) is 52.6 Å². The van der Waals surface area contributed by atoms with E-state index >= 15 is 0 Å². The average Bonchev–Trinajstić information content (AvgIpc) is 3.28. The van der Waals surface area contributed by atoms with Crippen LogP contribution in [-0.4, -0.2) is 30.7 Å². The molecule has 0 aromatic heterocycles. The van der Waals surface area contributed by atoms with Gasteiger partial charge in [0.25, 0.3) is 0 Å². The van der Waals surface area contributed by atoms with Crippen LogP contribution in [0.25, 0.3) is 0 Å². The van der Waals surface area contributed by atoms with E-state index in [2.05, 4.69) is 12.6 Å². The van der Waals surface area contributed by atoms with E-state index in [0.717, 1.165) is 11.1 Å². The summed E-state index contributed by atoms with van der Waals surface area (Å²) >= 11 is 3.79. The van der Waals surface area contributed by atoms with Gasteiger partial charge in [-0.1, -0.05) is 30.3 Å². The molecular weight excluding hydrogens is 560 g/mol. The molecule has 3 aromatic carbocycles. The molecule has 12 heteroatoms. The molecule has 3 aromatic rings. The molecule has 0 aliphatic carbocycles. The smallest absolute Gasteiger partial charge is 0.416 e. The van der Waals surface area contributed by atoms with E-state index in [4.69, 9.17) is 9.47 Å². The maximum atomic E-state index is 13.5. The summed E-state index contributed by atoms with van der Waals surface area (Å²) < 4.78 is 90.1. The Morgan fingerprint density at radius 3 is 2.08 bits per heavy atom. The Hall–Kier alpha value is -3.51. The Morgan fingerprint density at radius 2 is 1.48 bits per heavy atom. The summed E-state index contributed by atoms with van der Waals surface area (Å²) in [5.74, 6) is -0.819. The molecule has 0 saturated heterocycles. The normalized spacial score (nSPS) is 16.9. The third kappa shape index (κ3) is 6.79. The number of halogens is 6. The number of carbonyl (C=O) groups excluding carboxylic acids is 2. The number of hydrogen-bond donors (Lipinski definition) is 1. The van der Waals surface area contributed by atoms with Crippen molar-refractivity contribution in [3.63, 3.8) is 0 Å². The first-order valence-corrected chi connectivity index (χ1v) is 12.6. The SMILES string of the molecule is O=C(S)CC[N+]1(C(=O)COc2cc(C(F)(F)F)cc(C(F)(F)F)c2)CCc2cc(OCc3ccccc3)ccc21. The number of fused-ring (bicyclic) bond motifs is 1. The molecule has 212 valence electrons. The Kier molecular flexibility index (Phi) is 8.50. The van der Waals surface area contributed by atoms with Crippen LogP contribution < -0.4 is 14.0 Å². The fraction of sp³-hybridized carbons (Fsp3) is 0.286. The number of carbonyl (C=O) groups is 2. The Balaban J connectivity index is 1.57. The van der Waals surface area contributed by atoms with Gasteiger partial charge in [0.15, 0.2) is 5.12 Å². The van der Waals surface area contributed by atoms with Crippen LogP contribution in [0.1, 0.15) is 28.7 Å². The third-order valence-electron chi connectivity index (χ3n) is 6.63. The van der Waals surface area contributed by atoms with Gasteiger partial charge >= 0.3 is 18.3 Å². The Morgan fingerprint density at radius 1 is 0.825 bits per heavy atom. The number of rotatable bonds is 9. The number of ether oxygens (including phenoxy) is 2. The molecule has 4 rings (SSSR count). The van der Waals surface area contributed by atoms with Gasteiger partial charge in [-0.3, -0.25) is 4.79 Å². The monoisotopic (exact) mass is 584 g/mol. The molecule has 0 spiro atoms. The summed E-state index contributed by atoms with van der Waals surface area (Å²) in [6.07, 6.45) is -9.79. The highest BCUT2D eigenvalue weighted by Crippen LogP contribution is 2.40. The van der Waals surface area contributed by atoms with Crippen LogP contribution in [0, 0.1) is 0 Å². The van der Waals surface area contributed by atoms with Crippen molar-refractivity contribution < 1.29 is 45.4 Å². The van der Waals surface area contributed by atoms with E-state index in [-0.39, 0.29) is 30.1 Å². The van der Waals surface area contributed by atoms with Crippen molar-refractivity contribution in [2.24, 2.45) is 0 Å². The lowest BCUT2D eigenvalue weighted by Gasteiger charge is -2.31. The number of amides is 1. The quantitative estimate of drug-likeness (QED) is 0.175. The van der Waals surface area contributed by atoms with Gasteiger partial charge in [0.2, 0.25) is 6.61 Å². The van der Waals surface area contributed by atoms with Crippen LogP contribution in [0.5, 0.6) is 11.5 Å². The van der Waals surface area contributed by atoms with Crippen molar-refractivity contribution in [1.29, 1.82) is 0 Å². The fourth-order valence-corrected chi connectivity index (χ4v) is 4.72. The molecule has 0 fully saturated rings. The summed E-state index contributed by atoms with van der Waals surface area (Å²) in [6.45, 7) is -0.280. The van der Waals surface area contributed by atoms with Crippen LogP contribution in [-0.2, 0) is 35.0 Å². The summed E-state index contributed by atoms with van der Waals surface area (Å²) in [4.78, 5) is 25.2. The van der Waals surface area contributed by atoms with E-state index in [1.54, 1.807) is 18.2 Å². The molecule has 0 saturated carbocycles. The van der Waals surface area contributed by atoms with Crippen molar-refractivity contribution >= 4 is 29.3 Å². The van der Waals surface area contributed by atoms with Gasteiger partial charge in [-0.05, 0) is 35.9 Å². The van der Waals surface area contributed by atoms with Gasteiger partial charge < -0.3 is 9.47 Å². The van der Waals surface area contributed by atoms with Crippen molar-refractivity contribution in [1.82, 2.24) is 4.48 Å². The van der Waals surface area contributed by atoms with E-state index in [1.165, 1.54) is 0 Å². The molecule has 0 N–H and O–H groups in total. The van der Waals surface area contributed by atoms with Crippen molar-refractivity contribution in [2.75, 3.05) is 19.7 Å². The summed E-state index contributed by atoms with van der Waals surface area (Å²) in [5.41, 5.74) is -0.831. The Bertz CT molecular complexity index is 1360. The second-order valence-corrected chi connectivity index (χ2v) is 9.80. The van der Waals surface area contributed by atoms with Gasteiger partial charge in [0.05, 0.1) is 30.6 Å². The van der Waals surface area contributed by atoms with Gasteiger partial charge in [0.1, 0.15) is 23.8 Å². The second kappa shape index (κ2) is 11.5. The minimum Gasteiger partial charge on any atom is -0.489 e. The van der Waals surface area contributed by atoms with E-state index in [9.17, 15) is 35.9 Å². The minimum absolute atomic E-state index is 0.00185. The zero-order valence-electron chi connectivity index (χ0n) is 20.9. The number of hydrogen-bond acceptors (Lipinski definition) is 4. The van der Waals surface area contributed by atoms with Crippen LogP contribution in [0.2, 0.25) is 0 Å². The number of alkyl halides is 6. The van der Waals surface area contributed by atoms with E-state index in [0.29, 0.717) is 36.6 Å². The second-order valence-electron chi connectivity index (χ2n) is 9.30. The van der Waals surface area contributed by atoms with Crippen LogP contribution in [0.4, 0.5) is 32.0 Å². The molecule has 1 aliphatic heterocycles. The van der Waals surface area contributed by atoms with Gasteiger partial charge in [-0.25, -0.2) is 9.28 Å². The molecule has 1 amide bonds. The molecule has 1 atom stereocenters. The summed E-state index contributed by atoms with van der Waals surface area (Å²) in [6, 6.07) is 15.4. The van der Waals surface area contributed by atoms with Gasteiger partial charge in [0, 0.05) is 18.1 Å². The first-order chi connectivity index (χ1) is 18.8. The summed E-state index contributed by atoms with van der Waals surface area (Å²) in [5, 5.41) is -0.477. The molecule has 0 radical (unpaired) electrons. The number of quaternary nitrogens is 1. The fourth-order valence-electron chi connectivity index (χ4n) is 4.62. The maximum absolute atomic E-state index is 13.5. The van der Waals surface area contributed by atoms with Gasteiger partial charge in [-0.2, -0.15) is 26.3 Å². The van der Waals surface area contributed by atoms with Crippen LogP contribution >= 0.6 is 12.6 Å². The molecule has 1 aliphatic rings. The standard InChI is InChI=1S/C28H23F6NO4S/c29-27(30,31)20-13-21(28(32,33)34)15-23(14-20)39-17-25(36)35(11-9-26(37)40)10-8-19-12-22(6-7-24(19)35)38-16-18-4-2-1-3-5-18/h1-7,12-15H,8-11,16-17H2/p+1. The third-order valence-corrected chi connectivity index (χ3v) is 6.86. The van der Waals surface area contributed by atoms with Crippen molar-refractivity contribution in [3.8, 4) is 11.5 Å². The minimum atomic E-state index is -5.06. The number of benzene rings is 3. The zero-order valence-corrected chi connectivity index (χ0v) is 21.8. The molecule has 40 heavy (non-hydrogen) atoms. The first kappa shape index (κ1) is 29.5. The predicted molar refractivity (Wildman–Crippen MR) is 138 cm³/mol. The van der Waals surface area contributed by atoms with Crippen molar-refractivity contribution in [3.05, 3.63) is 89.0 Å². The average molecular weight is 585 g/mol. The summed E-state index contributed by atoms with van der Waals surface area (Å²) in [7, 11) is 0. The first-order valence-electron chi connectivity index (χ1n) is 12.1. The van der Waals surface area contributed by atoms with E-state index < -0.39 is 46.9 Å². The largest absolute Gasteiger partial charge is 0.489 e. The highest BCUT2D eigenvalue weighted by atomic mass is 32.1. The van der Waals surface area contributed by atoms with E-state index in [1.807, 2.05) is 30.3 Å². The predicted octanol–water partition coefficient (Wildman–Crippen LogP) is 6.62. The Labute approximate surface area is 231 Å². The highest BCUT2D eigenvalue weighted by molar-refractivity contribution is 7.96. The lowest BCUT2D eigenvalue weighted by Crippen LogP contribution is -2.56. The molecule has 0 bridgehead atoms. The molecular formula is C28H24F6NO4S+. The van der Waals surface area contributed by atoms with Crippen LogP contribution in [0.15, 0.2) is 66.7 Å². The zero-order chi connectivity index (χ0) is 29.1. The number of thiol groups is 1. The number of nitrogens with zero attached hydrogens (tertiary/aromatic N) is 1. The lowest BCUT2D eigenvalue weighted by atomic mass is 10.1. The molecule has 5 nitrogen and oxygen atoms in total. The maximum Gasteiger partial charge on any atom is 0.416 e. The highest BCUT2D eigenvalue weighted by Gasteiger charge is 2.45.